The number of phenols is 3. The van der Waals surface area contributed by atoms with Gasteiger partial charge in [-0.15, -0.1) is 0 Å². The van der Waals surface area contributed by atoms with Crippen molar-refractivity contribution in [2.24, 2.45) is 0 Å². The molecule has 0 atom stereocenters. The van der Waals surface area contributed by atoms with Crippen molar-refractivity contribution in [1.29, 1.82) is 0 Å². The van der Waals surface area contributed by atoms with Gasteiger partial charge in [-0.05, 0) is 108 Å². The number of methoxy groups -OCH3 is 1. The fourth-order valence-electron chi connectivity index (χ4n) is 3.95. The van der Waals surface area contributed by atoms with E-state index in [4.69, 9.17) is 55.4 Å². The Morgan fingerprint density at radius 1 is 0.500 bits per heavy atom. The molecule has 0 fully saturated rings. The van der Waals surface area contributed by atoms with Crippen molar-refractivity contribution in [3.8, 4) is 28.7 Å². The largest absolute Gasteiger partial charge is 0.508 e. The third kappa shape index (κ3) is 24.1. The molecule has 0 amide bonds. The molecule has 0 aliphatic carbocycles. The maximum absolute atomic E-state index is 10.4. The number of aliphatic hydroxyl groups excluding tert-OH is 3. The number of aliphatic carboxylic acids is 1. The molecule has 0 saturated carbocycles. The number of aromatic hydroxyl groups is 3. The second kappa shape index (κ2) is 30.5. The van der Waals surface area contributed by atoms with E-state index in [1.807, 2.05) is 36.4 Å². The summed E-state index contributed by atoms with van der Waals surface area (Å²) in [7, 11) is 1.54. The van der Waals surface area contributed by atoms with Crippen molar-refractivity contribution in [2.45, 2.75) is 13.2 Å². The number of benzene rings is 6. The van der Waals surface area contributed by atoms with Crippen LogP contribution in [-0.4, -0.2) is 84.2 Å². The van der Waals surface area contributed by atoms with E-state index in [-0.39, 0.29) is 42.4 Å². The summed E-state index contributed by atoms with van der Waals surface area (Å²) in [4.78, 5) is 30.7. The lowest BCUT2D eigenvalue weighted by Crippen LogP contribution is -2.00. The molecule has 0 aromatic heterocycles. The molecule has 0 bridgehead atoms. The van der Waals surface area contributed by atoms with Crippen LogP contribution in [0.1, 0.15) is 37.4 Å². The third-order valence-electron chi connectivity index (χ3n) is 7.01. The molecule has 14 heteroatoms. The van der Waals surface area contributed by atoms with E-state index in [0.29, 0.717) is 18.1 Å². The highest BCUT2D eigenvalue weighted by molar-refractivity contribution is 5.88. The maximum Gasteiger partial charge on any atom is 0.335 e. The lowest BCUT2D eigenvalue weighted by molar-refractivity contribution is -0.131. The fraction of sp³-hybridized carbons (Fsp3) is 0.109. The molecule has 9 N–H and O–H groups in total. The highest BCUT2D eigenvalue weighted by atomic mass is 16.5. The van der Waals surface area contributed by atoms with Gasteiger partial charge in [0.2, 0.25) is 0 Å². The molecule has 6 aromatic carbocycles. The molecule has 0 aliphatic rings. The lowest BCUT2D eigenvalue weighted by atomic mass is 10.1. The number of phenolic OH excluding ortho intramolecular Hbond substituents is 3. The summed E-state index contributed by atoms with van der Waals surface area (Å²) in [6.45, 7) is 0.552. The van der Waals surface area contributed by atoms with Gasteiger partial charge in [-0.1, -0.05) is 72.8 Å². The quantitative estimate of drug-likeness (QED) is 0.0626. The van der Waals surface area contributed by atoms with Gasteiger partial charge in [-0.3, -0.25) is 0 Å². The van der Waals surface area contributed by atoms with Gasteiger partial charge in [0.1, 0.15) is 35.4 Å². The number of aromatic carboxylic acids is 2. The summed E-state index contributed by atoms with van der Waals surface area (Å²) in [6.07, 6.45) is 2.51. The van der Waals surface area contributed by atoms with Crippen LogP contribution in [0.15, 0.2) is 164 Å². The van der Waals surface area contributed by atoms with E-state index in [2.05, 4.69) is 0 Å². The van der Waals surface area contributed by atoms with Crippen LogP contribution in [-0.2, 0) is 18.0 Å². The van der Waals surface area contributed by atoms with Gasteiger partial charge in [0, 0.05) is 6.08 Å². The zero-order valence-electron chi connectivity index (χ0n) is 32.6. The SMILES string of the molecule is COc1ccc(C(=O)O)cc1.O=C(O)C=Cc1ccc(O)cc1.O=C(O)c1ccc(O)cc1.OCCOc1ccccc1.OCc1ccc(CO)cc1.Oc1ccccc1. The summed E-state index contributed by atoms with van der Waals surface area (Å²) in [5.41, 5.74) is 2.94. The van der Waals surface area contributed by atoms with Crippen LogP contribution in [0.2, 0.25) is 0 Å². The number of carboxylic acid groups (broad SMARTS) is 3. The van der Waals surface area contributed by atoms with Crippen LogP contribution in [0, 0.1) is 0 Å². The molecule has 0 unspecified atom stereocenters. The predicted molar refractivity (Wildman–Crippen MR) is 225 cm³/mol. The zero-order valence-corrected chi connectivity index (χ0v) is 32.6. The van der Waals surface area contributed by atoms with Crippen molar-refractivity contribution >= 4 is 24.0 Å². The van der Waals surface area contributed by atoms with Crippen molar-refractivity contribution in [3.05, 3.63) is 192 Å². The minimum absolute atomic E-state index is 0.0612. The average molecular weight is 825 g/mol. The summed E-state index contributed by atoms with van der Waals surface area (Å²) in [6, 6.07) is 43.2. The molecule has 0 saturated heterocycles. The summed E-state index contributed by atoms with van der Waals surface area (Å²) in [5, 5.41) is 77.1. The number of para-hydroxylation sites is 2. The van der Waals surface area contributed by atoms with Crippen molar-refractivity contribution < 1.29 is 69.8 Å². The van der Waals surface area contributed by atoms with Crippen molar-refractivity contribution in [2.75, 3.05) is 20.3 Å². The molecule has 6 rings (SSSR count). The molecule has 14 nitrogen and oxygen atoms in total. The molecule has 0 heterocycles. The van der Waals surface area contributed by atoms with Gasteiger partial charge in [-0.25, -0.2) is 14.4 Å². The van der Waals surface area contributed by atoms with Crippen LogP contribution >= 0.6 is 0 Å². The Bertz CT molecular complexity index is 2050. The molecule has 60 heavy (non-hydrogen) atoms. The molecule has 0 radical (unpaired) electrons. The Hall–Kier alpha value is -7.65. The van der Waals surface area contributed by atoms with Crippen LogP contribution in [0.3, 0.4) is 0 Å². The first-order chi connectivity index (χ1) is 28.8. The third-order valence-corrected chi connectivity index (χ3v) is 7.01. The lowest BCUT2D eigenvalue weighted by Gasteiger charge is -2.01. The van der Waals surface area contributed by atoms with Gasteiger partial charge >= 0.3 is 17.9 Å². The Morgan fingerprint density at radius 2 is 0.900 bits per heavy atom. The molecule has 316 valence electrons. The summed E-state index contributed by atoms with van der Waals surface area (Å²) < 4.78 is 9.96. The van der Waals surface area contributed by atoms with Gasteiger partial charge in [0.15, 0.2) is 0 Å². The first kappa shape index (κ1) is 50.4. The maximum atomic E-state index is 10.4. The van der Waals surface area contributed by atoms with E-state index in [9.17, 15) is 14.4 Å². The van der Waals surface area contributed by atoms with Gasteiger partial charge < -0.3 is 55.4 Å². The topological polar surface area (TPSA) is 252 Å². The standard InChI is InChI=1S/C9H8O3.C8H8O3.2C8H10O2.C7H6O3.C6H6O/c10-8-4-1-7(2-5-8)3-6-9(11)12;1-11-7-4-2-6(3-5-7)8(9)10;9-5-7-1-2-8(6-10)4-3-7;9-6-7-10-8-4-2-1-3-5-8;8-6-3-1-5(2-4-6)7(9)10;7-6-4-2-1-3-5-6/h1-6,10H,(H,11,12);2-5H,1H3,(H,9,10);1-4,9-10H,5-6H2;1-5,9H,6-7H2;1-4,8H,(H,9,10);1-5,7H. The smallest absolute Gasteiger partial charge is 0.335 e. The van der Waals surface area contributed by atoms with Crippen LogP contribution in [0.4, 0.5) is 0 Å². The second-order valence-corrected chi connectivity index (χ2v) is 11.5. The van der Waals surface area contributed by atoms with E-state index in [1.165, 1.54) is 61.7 Å². The monoisotopic (exact) mass is 824 g/mol. The van der Waals surface area contributed by atoms with Crippen molar-refractivity contribution in [1.82, 2.24) is 0 Å². The number of hydrogen-bond donors (Lipinski definition) is 9. The minimum Gasteiger partial charge on any atom is -0.508 e. The Kier molecular flexibility index (Phi) is 25.6. The highest BCUT2D eigenvalue weighted by Gasteiger charge is 2.01. The van der Waals surface area contributed by atoms with E-state index < -0.39 is 17.9 Å². The Labute approximate surface area is 347 Å². The van der Waals surface area contributed by atoms with Crippen LogP contribution in [0.5, 0.6) is 28.7 Å². The fourth-order valence-corrected chi connectivity index (χ4v) is 3.95. The first-order valence-electron chi connectivity index (χ1n) is 17.7. The zero-order chi connectivity index (χ0) is 44.5. The number of aliphatic hydroxyl groups is 3. The second-order valence-electron chi connectivity index (χ2n) is 11.5. The number of hydrogen-bond acceptors (Lipinski definition) is 11. The number of carbonyl (C=O) groups is 3. The minimum atomic E-state index is -0.986. The first-order valence-corrected chi connectivity index (χ1v) is 17.7. The number of carboxylic acids is 3. The number of ether oxygens (including phenoxy) is 2. The van der Waals surface area contributed by atoms with Crippen LogP contribution in [0.25, 0.3) is 6.08 Å². The molecule has 6 aromatic rings. The van der Waals surface area contributed by atoms with Gasteiger partial charge in [0.25, 0.3) is 0 Å². The summed E-state index contributed by atoms with van der Waals surface area (Å²) >= 11 is 0. The van der Waals surface area contributed by atoms with E-state index >= 15 is 0 Å². The molecular weight excluding hydrogens is 776 g/mol. The average Bonchev–Trinajstić information content (AvgIpc) is 3.27. The Morgan fingerprint density at radius 3 is 1.25 bits per heavy atom. The number of rotatable bonds is 10. The molecule has 0 spiro atoms. The predicted octanol–water partition coefficient (Wildman–Crippen LogP) is 7.09. The van der Waals surface area contributed by atoms with Crippen molar-refractivity contribution in [3.63, 3.8) is 0 Å². The Balaban J connectivity index is 0.000000362. The van der Waals surface area contributed by atoms with Gasteiger partial charge in [0.05, 0.1) is 38.1 Å². The van der Waals surface area contributed by atoms with E-state index in [0.717, 1.165) is 28.5 Å². The highest BCUT2D eigenvalue weighted by Crippen LogP contribution is 2.12. The van der Waals surface area contributed by atoms with Gasteiger partial charge in [-0.2, -0.15) is 0 Å². The van der Waals surface area contributed by atoms with E-state index in [1.54, 1.807) is 72.8 Å². The summed E-state index contributed by atoms with van der Waals surface area (Å²) in [5.74, 6) is -0.864. The van der Waals surface area contributed by atoms with Crippen LogP contribution < -0.4 is 9.47 Å². The normalized spacial score (nSPS) is 9.47. The molecule has 0 aliphatic heterocycles. The molecular formula is C46H48O14.